The number of allylic oxidation sites excluding steroid dienone is 1. The monoisotopic (exact) mass is 68.0 g/mol. The maximum absolute atomic E-state index is 9.06. The van der Waals surface area contributed by atoms with Crippen LogP contribution in [0.4, 0.5) is 0 Å². The molecule has 0 aliphatic carbocycles. The summed E-state index contributed by atoms with van der Waals surface area (Å²) < 4.78 is 0. The van der Waals surface area contributed by atoms with Gasteiger partial charge in [0.2, 0.25) is 0 Å². The van der Waals surface area contributed by atoms with E-state index in [1.165, 1.54) is 6.08 Å². The molecular formula is C4H4O. The zero-order valence-electron chi connectivity index (χ0n) is 2.77. The quantitative estimate of drug-likeness (QED) is 0.322. The molecule has 0 unspecified atom stereocenters. The van der Waals surface area contributed by atoms with Crippen molar-refractivity contribution >= 4 is 6.29 Å². The summed E-state index contributed by atoms with van der Waals surface area (Å²) >= 11 is 0. The van der Waals surface area contributed by atoms with Crippen molar-refractivity contribution in [3.8, 4) is 0 Å². The number of aldehydes is 1. The van der Waals surface area contributed by atoms with Gasteiger partial charge in [-0.15, -0.1) is 0 Å². The van der Waals surface area contributed by atoms with Crippen LogP contribution in [0.3, 0.4) is 0 Å². The highest BCUT2D eigenvalue weighted by Crippen LogP contribution is 1.35. The second-order valence-electron chi connectivity index (χ2n) is 0.372. The summed E-state index contributed by atoms with van der Waals surface area (Å²) in [6, 6.07) is 0. The third-order valence-corrected chi connectivity index (χ3v) is 0.0962. The summed E-state index contributed by atoms with van der Waals surface area (Å²) in [7, 11) is 0. The molecule has 0 spiro atoms. The van der Waals surface area contributed by atoms with Crippen molar-refractivity contribution in [3.63, 3.8) is 0 Å². The van der Waals surface area contributed by atoms with E-state index in [1.807, 2.05) is 0 Å². The Balaban J connectivity index is 0. The van der Waals surface area contributed by atoms with Gasteiger partial charge in [-0.1, -0.05) is 6.58 Å². The Hall–Kier alpha value is -0.590. The number of rotatable bonds is 1. The highest BCUT2D eigenvalue weighted by molar-refractivity contribution is 5.63. The van der Waals surface area contributed by atoms with Gasteiger partial charge < -0.3 is 0 Å². The zero-order valence-corrected chi connectivity index (χ0v) is 2.77. The lowest BCUT2D eigenvalue weighted by Crippen LogP contribution is -1.44. The van der Waals surface area contributed by atoms with Crippen LogP contribution in [0, 0.1) is 7.43 Å². The molecule has 0 aromatic carbocycles. The summed E-state index contributed by atoms with van der Waals surface area (Å²) in [4.78, 5) is 9.06. The summed E-state index contributed by atoms with van der Waals surface area (Å²) in [5.74, 6) is 0. The Morgan fingerprint density at radius 3 is 1.80 bits per heavy atom. The molecule has 0 atom stereocenters. The van der Waals surface area contributed by atoms with E-state index in [4.69, 9.17) is 4.79 Å². The molecule has 0 saturated heterocycles. The summed E-state index contributed by atoms with van der Waals surface area (Å²) in [5, 5.41) is 0. The van der Waals surface area contributed by atoms with E-state index in [0.717, 1.165) is 0 Å². The Morgan fingerprint density at radius 2 is 1.80 bits per heavy atom. The maximum atomic E-state index is 9.06. The lowest BCUT2D eigenvalue weighted by Gasteiger charge is -1.37. The van der Waals surface area contributed by atoms with Gasteiger partial charge in [-0.2, -0.15) is 0 Å². The van der Waals surface area contributed by atoms with E-state index in [1.54, 1.807) is 0 Å². The van der Waals surface area contributed by atoms with Crippen LogP contribution in [0.15, 0.2) is 12.7 Å². The average Bonchev–Trinajstić information content (AvgIpc) is 1.37. The minimum absolute atomic E-state index is 0. The molecule has 0 saturated carbocycles. The van der Waals surface area contributed by atoms with Crippen LogP contribution in [0.5, 0.6) is 0 Å². The van der Waals surface area contributed by atoms with Gasteiger partial charge in [-0.3, -0.25) is 4.79 Å². The van der Waals surface area contributed by atoms with Crippen LogP contribution >= 0.6 is 0 Å². The average molecular weight is 68.1 g/mol. The van der Waals surface area contributed by atoms with E-state index < -0.39 is 0 Å². The van der Waals surface area contributed by atoms with Crippen LogP contribution in [0.25, 0.3) is 0 Å². The van der Waals surface area contributed by atoms with Gasteiger partial charge in [-0.25, -0.2) is 0 Å². The van der Waals surface area contributed by atoms with Gasteiger partial charge in [-0.05, 0) is 6.08 Å². The molecular weight excluding hydrogens is 64.0 g/mol. The molecule has 1 nitrogen and oxygen atoms in total. The third kappa shape index (κ3) is 40.3. The molecule has 0 N–H and O–H groups in total. The molecule has 0 aromatic rings. The van der Waals surface area contributed by atoms with Gasteiger partial charge in [0.05, 0.1) is 0 Å². The highest BCUT2D eigenvalue weighted by Gasteiger charge is 1.38. The first-order valence-corrected chi connectivity index (χ1v) is 0.977. The molecule has 0 aliphatic rings. The maximum Gasteiger partial charge on any atom is 0.142 e. The first-order valence-electron chi connectivity index (χ1n) is 0.977. The largest absolute Gasteiger partial charge is 0.299 e. The SMILES string of the molecule is C=CC=O.[C]. The van der Waals surface area contributed by atoms with Crippen molar-refractivity contribution in [2.75, 3.05) is 0 Å². The van der Waals surface area contributed by atoms with Crippen LogP contribution < -0.4 is 0 Å². The van der Waals surface area contributed by atoms with Crippen molar-refractivity contribution < 1.29 is 4.79 Å². The van der Waals surface area contributed by atoms with Gasteiger partial charge >= 0.3 is 0 Å². The molecule has 0 heterocycles. The fourth-order valence-corrected chi connectivity index (χ4v) is 0. The molecule has 26 valence electrons. The molecule has 4 radical (unpaired) electrons. The molecule has 5 heavy (non-hydrogen) atoms. The second-order valence-corrected chi connectivity index (χ2v) is 0.372. The van der Waals surface area contributed by atoms with E-state index in [0.29, 0.717) is 6.29 Å². The second kappa shape index (κ2) is 9.96. The number of carbonyl (C=O) groups excluding carboxylic acids is 1. The first-order chi connectivity index (χ1) is 1.91. The minimum atomic E-state index is 0. The lowest BCUT2D eigenvalue weighted by atomic mass is 10.8. The fourth-order valence-electron chi connectivity index (χ4n) is 0. The number of hydrogen-bond donors (Lipinski definition) is 0. The predicted molar refractivity (Wildman–Crippen MR) is 19.5 cm³/mol. The summed E-state index contributed by atoms with van der Waals surface area (Å²) in [6.07, 6.45) is 1.83. The zero-order chi connectivity index (χ0) is 3.41. The molecule has 0 aliphatic heterocycles. The molecule has 0 bridgehead atoms. The minimum Gasteiger partial charge on any atom is -0.299 e. The Bertz CT molecular complexity index is 24.6. The standard InChI is InChI=1S/C3H4O.C/c1-2-3-4;/h2-3H,1H2;. The van der Waals surface area contributed by atoms with E-state index >= 15 is 0 Å². The number of carbonyl (C=O) groups is 1. The van der Waals surface area contributed by atoms with Crippen LogP contribution in [0.1, 0.15) is 0 Å². The van der Waals surface area contributed by atoms with Crippen molar-refractivity contribution in [2.45, 2.75) is 0 Å². The van der Waals surface area contributed by atoms with Crippen molar-refractivity contribution in [1.29, 1.82) is 0 Å². The third-order valence-electron chi connectivity index (χ3n) is 0.0962. The molecule has 0 rings (SSSR count). The van der Waals surface area contributed by atoms with E-state index in [2.05, 4.69) is 6.58 Å². The smallest absolute Gasteiger partial charge is 0.142 e. The van der Waals surface area contributed by atoms with E-state index in [9.17, 15) is 0 Å². The predicted octanol–water partition coefficient (Wildman–Crippen LogP) is 0.453. The van der Waals surface area contributed by atoms with Gasteiger partial charge in [0.15, 0.2) is 0 Å². The van der Waals surface area contributed by atoms with Crippen molar-refractivity contribution in [1.82, 2.24) is 0 Å². The van der Waals surface area contributed by atoms with Gasteiger partial charge in [0.25, 0.3) is 0 Å². The topological polar surface area (TPSA) is 17.1 Å². The fraction of sp³-hybridized carbons (Fsp3) is 0. The van der Waals surface area contributed by atoms with Gasteiger partial charge in [0.1, 0.15) is 6.29 Å². The Morgan fingerprint density at radius 1 is 1.60 bits per heavy atom. The summed E-state index contributed by atoms with van der Waals surface area (Å²) in [5.41, 5.74) is 0. The molecule has 0 amide bonds. The van der Waals surface area contributed by atoms with E-state index in [-0.39, 0.29) is 7.43 Å². The molecule has 0 aromatic heterocycles. The number of hydrogen-bond acceptors (Lipinski definition) is 1. The molecule has 1 heteroatoms. The highest BCUT2D eigenvalue weighted by atomic mass is 16.1. The Labute approximate surface area is 32.3 Å². The normalized spacial score (nSPS) is 4.00. The first kappa shape index (κ1) is 8.83. The molecule has 0 fully saturated rings. The Kier molecular flexibility index (Phi) is 17.6. The lowest BCUT2D eigenvalue weighted by molar-refractivity contribution is -0.104. The van der Waals surface area contributed by atoms with Crippen LogP contribution in [-0.4, -0.2) is 6.29 Å². The van der Waals surface area contributed by atoms with Crippen molar-refractivity contribution in [2.24, 2.45) is 0 Å². The van der Waals surface area contributed by atoms with Crippen LogP contribution in [0.2, 0.25) is 0 Å². The van der Waals surface area contributed by atoms with Crippen LogP contribution in [-0.2, 0) is 4.79 Å². The van der Waals surface area contributed by atoms with Gasteiger partial charge in [0, 0.05) is 7.43 Å². The van der Waals surface area contributed by atoms with Crippen molar-refractivity contribution in [3.05, 3.63) is 20.1 Å². The summed E-state index contributed by atoms with van der Waals surface area (Å²) in [6.45, 7) is 3.11.